The molecule has 0 aliphatic carbocycles. The minimum absolute atomic E-state index is 0.365. The highest BCUT2D eigenvalue weighted by molar-refractivity contribution is 9.11. The lowest BCUT2D eigenvalue weighted by atomic mass is 10.1. The average molecular weight is 254 g/mol. The second-order valence-corrected chi connectivity index (χ2v) is 4.66. The zero-order valence-electron chi connectivity index (χ0n) is 8.68. The maximum absolute atomic E-state index is 3.79. The Balaban J connectivity index is 2.60. The minimum atomic E-state index is 0.365. The molecule has 0 aliphatic rings. The van der Waals surface area contributed by atoms with Gasteiger partial charge in [-0.25, -0.2) is 0 Å². The van der Waals surface area contributed by atoms with Crippen molar-refractivity contribution in [3.8, 4) is 0 Å². The lowest BCUT2D eigenvalue weighted by Gasteiger charge is -2.14. The SMILES string of the molecule is C=C(Br)CNC(C)c1cccc(C)c1. The highest BCUT2D eigenvalue weighted by atomic mass is 79.9. The van der Waals surface area contributed by atoms with Crippen molar-refractivity contribution in [2.75, 3.05) is 6.54 Å². The maximum Gasteiger partial charge on any atom is 0.0295 e. The fourth-order valence-corrected chi connectivity index (χ4v) is 1.48. The normalized spacial score (nSPS) is 12.5. The standard InChI is InChI=1S/C12H16BrN/c1-9-5-4-6-12(7-9)11(3)14-8-10(2)13/h4-7,11,14H,2,8H2,1,3H3. The van der Waals surface area contributed by atoms with Gasteiger partial charge in [0.1, 0.15) is 0 Å². The van der Waals surface area contributed by atoms with Gasteiger partial charge in [0.15, 0.2) is 0 Å². The van der Waals surface area contributed by atoms with Crippen LogP contribution < -0.4 is 5.32 Å². The molecule has 0 radical (unpaired) electrons. The van der Waals surface area contributed by atoms with Gasteiger partial charge in [-0.15, -0.1) is 0 Å². The van der Waals surface area contributed by atoms with Crippen molar-refractivity contribution in [1.82, 2.24) is 5.32 Å². The van der Waals surface area contributed by atoms with Gasteiger partial charge in [0, 0.05) is 17.1 Å². The largest absolute Gasteiger partial charge is 0.306 e. The van der Waals surface area contributed by atoms with Gasteiger partial charge in [-0.2, -0.15) is 0 Å². The van der Waals surface area contributed by atoms with Crippen molar-refractivity contribution in [2.45, 2.75) is 19.9 Å². The van der Waals surface area contributed by atoms with E-state index < -0.39 is 0 Å². The molecule has 0 fully saturated rings. The van der Waals surface area contributed by atoms with Crippen molar-refractivity contribution in [2.24, 2.45) is 0 Å². The monoisotopic (exact) mass is 253 g/mol. The molecule has 0 heterocycles. The summed E-state index contributed by atoms with van der Waals surface area (Å²) in [5, 5.41) is 3.38. The Morgan fingerprint density at radius 1 is 1.57 bits per heavy atom. The molecule has 1 nitrogen and oxygen atoms in total. The molecule has 0 aliphatic heterocycles. The number of halogens is 1. The van der Waals surface area contributed by atoms with E-state index in [0.29, 0.717) is 6.04 Å². The second kappa shape index (κ2) is 5.32. The van der Waals surface area contributed by atoms with Crippen molar-refractivity contribution in [1.29, 1.82) is 0 Å². The van der Waals surface area contributed by atoms with Gasteiger partial charge in [0.2, 0.25) is 0 Å². The van der Waals surface area contributed by atoms with Gasteiger partial charge in [-0.1, -0.05) is 52.3 Å². The quantitative estimate of drug-likeness (QED) is 0.866. The zero-order valence-corrected chi connectivity index (χ0v) is 10.3. The molecular formula is C12H16BrN. The third-order valence-electron chi connectivity index (χ3n) is 2.14. The van der Waals surface area contributed by atoms with E-state index in [9.17, 15) is 0 Å². The number of hydrogen-bond acceptors (Lipinski definition) is 1. The Morgan fingerprint density at radius 3 is 2.86 bits per heavy atom. The van der Waals surface area contributed by atoms with E-state index in [1.165, 1.54) is 11.1 Å². The van der Waals surface area contributed by atoms with Crippen LogP contribution in [0.2, 0.25) is 0 Å². The van der Waals surface area contributed by atoms with E-state index in [2.05, 4.69) is 65.9 Å². The molecule has 0 saturated carbocycles. The van der Waals surface area contributed by atoms with Crippen molar-refractivity contribution in [3.05, 3.63) is 46.5 Å². The first-order valence-electron chi connectivity index (χ1n) is 4.73. The van der Waals surface area contributed by atoms with E-state index in [-0.39, 0.29) is 0 Å². The predicted molar refractivity (Wildman–Crippen MR) is 65.7 cm³/mol. The summed E-state index contributed by atoms with van der Waals surface area (Å²) < 4.78 is 0.983. The first-order valence-corrected chi connectivity index (χ1v) is 5.52. The van der Waals surface area contributed by atoms with E-state index in [1.54, 1.807) is 0 Å². The molecule has 1 unspecified atom stereocenters. The van der Waals surface area contributed by atoms with Gasteiger partial charge in [-0.05, 0) is 19.4 Å². The summed E-state index contributed by atoms with van der Waals surface area (Å²) in [5.74, 6) is 0. The molecule has 0 bridgehead atoms. The summed E-state index contributed by atoms with van der Waals surface area (Å²) in [4.78, 5) is 0. The predicted octanol–water partition coefficient (Wildman–Crippen LogP) is 3.55. The van der Waals surface area contributed by atoms with Gasteiger partial charge < -0.3 is 5.32 Å². The lowest BCUT2D eigenvalue weighted by Crippen LogP contribution is -2.19. The second-order valence-electron chi connectivity index (χ2n) is 3.53. The summed E-state index contributed by atoms with van der Waals surface area (Å²) in [6.07, 6.45) is 0. The molecule has 1 rings (SSSR count). The summed E-state index contributed by atoms with van der Waals surface area (Å²) in [6.45, 7) is 8.86. The van der Waals surface area contributed by atoms with Crippen LogP contribution in [0.1, 0.15) is 24.1 Å². The van der Waals surface area contributed by atoms with Crippen LogP contribution in [-0.4, -0.2) is 6.54 Å². The van der Waals surface area contributed by atoms with Crippen LogP contribution in [0, 0.1) is 6.92 Å². The van der Waals surface area contributed by atoms with Crippen LogP contribution in [0.3, 0.4) is 0 Å². The van der Waals surface area contributed by atoms with Crippen LogP contribution in [0.5, 0.6) is 0 Å². The highest BCUT2D eigenvalue weighted by Crippen LogP contribution is 2.14. The number of benzene rings is 1. The lowest BCUT2D eigenvalue weighted by molar-refractivity contribution is 0.615. The van der Waals surface area contributed by atoms with Crippen molar-refractivity contribution in [3.63, 3.8) is 0 Å². The molecule has 0 amide bonds. The first kappa shape index (κ1) is 11.5. The fraction of sp³-hybridized carbons (Fsp3) is 0.333. The fourth-order valence-electron chi connectivity index (χ4n) is 1.32. The molecule has 1 aromatic carbocycles. The van der Waals surface area contributed by atoms with E-state index in [0.717, 1.165) is 11.0 Å². The average Bonchev–Trinajstić information content (AvgIpc) is 2.14. The first-order chi connectivity index (χ1) is 6.59. The Morgan fingerprint density at radius 2 is 2.29 bits per heavy atom. The van der Waals surface area contributed by atoms with Gasteiger partial charge in [0.25, 0.3) is 0 Å². The Bertz CT molecular complexity index is 320. The number of rotatable bonds is 4. The summed E-state index contributed by atoms with van der Waals surface area (Å²) in [6, 6.07) is 8.91. The van der Waals surface area contributed by atoms with Crippen LogP contribution in [0.4, 0.5) is 0 Å². The van der Waals surface area contributed by atoms with Crippen LogP contribution in [-0.2, 0) is 0 Å². The molecule has 2 heteroatoms. The Labute approximate surface area is 94.3 Å². The zero-order chi connectivity index (χ0) is 10.6. The third-order valence-corrected chi connectivity index (χ3v) is 2.42. The van der Waals surface area contributed by atoms with Crippen LogP contribution >= 0.6 is 15.9 Å². The van der Waals surface area contributed by atoms with Gasteiger partial charge in [0.05, 0.1) is 0 Å². The number of nitrogens with one attached hydrogen (secondary N) is 1. The molecule has 0 spiro atoms. The Kier molecular flexibility index (Phi) is 4.36. The van der Waals surface area contributed by atoms with Gasteiger partial charge >= 0.3 is 0 Å². The summed E-state index contributed by atoms with van der Waals surface area (Å²) in [5.41, 5.74) is 2.62. The Hall–Kier alpha value is -0.600. The van der Waals surface area contributed by atoms with Gasteiger partial charge in [-0.3, -0.25) is 0 Å². The summed E-state index contributed by atoms with van der Waals surface area (Å²) >= 11 is 3.33. The number of hydrogen-bond donors (Lipinski definition) is 1. The van der Waals surface area contributed by atoms with Crippen LogP contribution in [0.15, 0.2) is 35.3 Å². The molecule has 76 valence electrons. The van der Waals surface area contributed by atoms with E-state index >= 15 is 0 Å². The highest BCUT2D eigenvalue weighted by Gasteiger charge is 2.03. The molecule has 14 heavy (non-hydrogen) atoms. The van der Waals surface area contributed by atoms with Crippen LogP contribution in [0.25, 0.3) is 0 Å². The van der Waals surface area contributed by atoms with Crippen molar-refractivity contribution < 1.29 is 0 Å². The maximum atomic E-state index is 3.79. The molecule has 1 N–H and O–H groups in total. The molecule has 0 aromatic heterocycles. The molecule has 1 aromatic rings. The smallest absolute Gasteiger partial charge is 0.0295 e. The van der Waals surface area contributed by atoms with Crippen molar-refractivity contribution >= 4 is 15.9 Å². The molecule has 1 atom stereocenters. The third kappa shape index (κ3) is 3.64. The van der Waals surface area contributed by atoms with E-state index in [4.69, 9.17) is 0 Å². The van der Waals surface area contributed by atoms with E-state index in [1.807, 2.05) is 0 Å². The minimum Gasteiger partial charge on any atom is -0.306 e. The summed E-state index contributed by atoms with van der Waals surface area (Å²) in [7, 11) is 0. The molecule has 0 saturated heterocycles. The topological polar surface area (TPSA) is 12.0 Å². The number of aryl methyl sites for hydroxylation is 1. The molecular weight excluding hydrogens is 238 g/mol.